The fraction of sp³-hybridized carbons (Fsp3) is 0.192. The lowest BCUT2D eigenvalue weighted by Gasteiger charge is -2.11. The molecule has 4 aromatic rings. The van der Waals surface area contributed by atoms with Gasteiger partial charge in [0.15, 0.2) is 0 Å². The van der Waals surface area contributed by atoms with Gasteiger partial charge in [0.05, 0.1) is 43.4 Å². The van der Waals surface area contributed by atoms with Gasteiger partial charge in [-0.3, -0.25) is 4.79 Å². The Morgan fingerprint density at radius 1 is 0.944 bits per heavy atom. The molecule has 0 spiro atoms. The van der Waals surface area contributed by atoms with E-state index in [-0.39, 0.29) is 6.42 Å². The van der Waals surface area contributed by atoms with Gasteiger partial charge in [-0.05, 0) is 48.0 Å². The van der Waals surface area contributed by atoms with E-state index in [4.69, 9.17) is 14.6 Å². The summed E-state index contributed by atoms with van der Waals surface area (Å²) in [6.45, 7) is 0.853. The number of para-hydroxylation sites is 1. The summed E-state index contributed by atoms with van der Waals surface area (Å²) in [5.74, 6) is 0.396. The second-order valence-electron chi connectivity index (χ2n) is 7.70. The lowest BCUT2D eigenvalue weighted by Crippen LogP contribution is -2.06. The number of aliphatic carboxylic acids is 1. The summed E-state index contributed by atoms with van der Waals surface area (Å²) < 4.78 is 11.7. The number of rotatable bonds is 12. The first-order valence-electron chi connectivity index (χ1n) is 11.4. The molecule has 0 atom stereocenters. The van der Waals surface area contributed by atoms with Crippen LogP contribution in [0.5, 0.6) is 11.5 Å². The van der Waals surface area contributed by atoms with Gasteiger partial charge < -0.3 is 19.9 Å². The van der Waals surface area contributed by atoms with E-state index in [0.717, 1.165) is 16.9 Å². The minimum Gasteiger partial charge on any atom is -0.493 e. The van der Waals surface area contributed by atoms with Crippen molar-refractivity contribution in [2.45, 2.75) is 12.8 Å². The van der Waals surface area contributed by atoms with Crippen LogP contribution in [-0.4, -0.2) is 46.3 Å². The number of aromatic nitrogens is 3. The number of ether oxygens (including phenoxy) is 2. The molecule has 0 aliphatic rings. The monoisotopic (exact) mass is 486 g/mol. The van der Waals surface area contributed by atoms with Crippen molar-refractivity contribution < 1.29 is 19.4 Å². The zero-order chi connectivity index (χ0) is 25.2. The van der Waals surface area contributed by atoms with Gasteiger partial charge in [0.1, 0.15) is 22.9 Å². The van der Waals surface area contributed by atoms with Gasteiger partial charge in [-0.25, -0.2) is 0 Å². The van der Waals surface area contributed by atoms with Crippen LogP contribution in [0.1, 0.15) is 12.0 Å². The van der Waals surface area contributed by atoms with Crippen molar-refractivity contribution in [3.8, 4) is 17.2 Å². The number of nitrogens with zero attached hydrogens (tertiary/aromatic N) is 5. The van der Waals surface area contributed by atoms with E-state index in [9.17, 15) is 4.79 Å². The minimum atomic E-state index is -0.861. The molecule has 0 saturated heterocycles. The molecule has 0 fully saturated rings. The topological polar surface area (TPSA) is 123 Å². The second-order valence-corrected chi connectivity index (χ2v) is 7.70. The van der Waals surface area contributed by atoms with Crippen molar-refractivity contribution in [1.29, 1.82) is 0 Å². The van der Waals surface area contributed by atoms with E-state index in [1.807, 2.05) is 49.5 Å². The molecule has 0 radical (unpaired) electrons. The van der Waals surface area contributed by atoms with E-state index in [0.29, 0.717) is 42.5 Å². The summed E-state index contributed by atoms with van der Waals surface area (Å²) in [4.78, 5) is 12.3. The minimum absolute atomic E-state index is 0.0103. The maximum atomic E-state index is 10.8. The molecule has 0 unspecified atom stereocenters. The fourth-order valence-electron chi connectivity index (χ4n) is 3.37. The van der Waals surface area contributed by atoms with Crippen molar-refractivity contribution in [2.75, 3.05) is 25.6 Å². The molecule has 1 heterocycles. The highest BCUT2D eigenvalue weighted by Gasteiger charge is 2.09. The predicted molar refractivity (Wildman–Crippen MR) is 135 cm³/mol. The predicted octanol–water partition coefficient (Wildman–Crippen LogP) is 5.20. The van der Waals surface area contributed by atoms with Gasteiger partial charge in [0.25, 0.3) is 0 Å². The molecule has 4 rings (SSSR count). The molecule has 1 aromatic heterocycles. The molecule has 0 aliphatic carbocycles. The van der Waals surface area contributed by atoms with Crippen LogP contribution in [0.4, 0.5) is 17.1 Å². The smallest absolute Gasteiger partial charge is 0.307 e. The number of hydrogen-bond acceptors (Lipinski definition) is 8. The maximum absolute atomic E-state index is 10.8. The standard InChI is InChI=1S/C26H26N6O4/c1-27-22-5-2-3-6-23(22)30-31-24-18-20(32-28-13-14-29-32)9-12-25(24)36-16-4-15-35-21-10-7-19(8-11-21)17-26(33)34/h2-3,5-14,18,27H,4,15-17H2,1H3,(H,33,34). The summed E-state index contributed by atoms with van der Waals surface area (Å²) in [6, 6.07) is 20.1. The molecule has 36 heavy (non-hydrogen) atoms. The fourth-order valence-corrected chi connectivity index (χ4v) is 3.37. The Bertz CT molecular complexity index is 1310. The van der Waals surface area contributed by atoms with Crippen molar-refractivity contribution in [2.24, 2.45) is 10.2 Å². The van der Waals surface area contributed by atoms with Crippen LogP contribution in [0.3, 0.4) is 0 Å². The number of hydrogen-bond donors (Lipinski definition) is 2. The molecule has 2 N–H and O–H groups in total. The zero-order valence-corrected chi connectivity index (χ0v) is 19.7. The lowest BCUT2D eigenvalue weighted by molar-refractivity contribution is -0.136. The van der Waals surface area contributed by atoms with Gasteiger partial charge in [-0.2, -0.15) is 15.0 Å². The quantitative estimate of drug-likeness (QED) is 0.208. The van der Waals surface area contributed by atoms with E-state index < -0.39 is 5.97 Å². The van der Waals surface area contributed by atoms with Crippen molar-refractivity contribution in [3.05, 3.63) is 84.7 Å². The van der Waals surface area contributed by atoms with Crippen molar-refractivity contribution in [1.82, 2.24) is 15.0 Å². The molecule has 0 saturated carbocycles. The first-order valence-corrected chi connectivity index (χ1v) is 11.4. The van der Waals surface area contributed by atoms with Gasteiger partial charge in [-0.15, -0.1) is 10.2 Å². The first kappa shape index (κ1) is 24.4. The van der Waals surface area contributed by atoms with Gasteiger partial charge in [0, 0.05) is 13.5 Å². The van der Waals surface area contributed by atoms with E-state index in [1.54, 1.807) is 36.7 Å². The number of azo groups is 1. The van der Waals surface area contributed by atoms with E-state index in [2.05, 4.69) is 25.7 Å². The molecule has 10 nitrogen and oxygen atoms in total. The summed E-state index contributed by atoms with van der Waals surface area (Å²) in [5, 5.41) is 29.2. The molecule has 184 valence electrons. The number of carboxylic acids is 1. The third-order valence-corrected chi connectivity index (χ3v) is 5.12. The number of nitrogens with one attached hydrogen (secondary N) is 1. The molecular weight excluding hydrogens is 460 g/mol. The first-order chi connectivity index (χ1) is 17.6. The van der Waals surface area contributed by atoms with Crippen LogP contribution in [0.2, 0.25) is 0 Å². The van der Waals surface area contributed by atoms with Crippen LogP contribution >= 0.6 is 0 Å². The lowest BCUT2D eigenvalue weighted by atomic mass is 10.1. The number of benzene rings is 3. The Labute approximate surface area is 208 Å². The van der Waals surface area contributed by atoms with Crippen LogP contribution in [0.15, 0.2) is 89.4 Å². The third-order valence-electron chi connectivity index (χ3n) is 5.12. The highest BCUT2D eigenvalue weighted by Crippen LogP contribution is 2.33. The second kappa shape index (κ2) is 12.1. The number of anilines is 1. The molecule has 0 amide bonds. The van der Waals surface area contributed by atoms with Crippen LogP contribution in [0.25, 0.3) is 5.69 Å². The third kappa shape index (κ3) is 6.66. The number of carbonyl (C=O) groups is 1. The normalized spacial score (nSPS) is 10.9. The van der Waals surface area contributed by atoms with Crippen molar-refractivity contribution >= 4 is 23.0 Å². The van der Waals surface area contributed by atoms with E-state index in [1.165, 1.54) is 4.80 Å². The van der Waals surface area contributed by atoms with Crippen LogP contribution in [-0.2, 0) is 11.2 Å². The summed E-state index contributed by atoms with van der Waals surface area (Å²) >= 11 is 0. The Kier molecular flexibility index (Phi) is 8.21. The molecule has 0 aliphatic heterocycles. The Morgan fingerprint density at radius 2 is 1.67 bits per heavy atom. The largest absolute Gasteiger partial charge is 0.493 e. The molecular formula is C26H26N6O4. The van der Waals surface area contributed by atoms with Gasteiger partial charge in [0.2, 0.25) is 0 Å². The van der Waals surface area contributed by atoms with E-state index >= 15 is 0 Å². The van der Waals surface area contributed by atoms with Crippen molar-refractivity contribution in [3.63, 3.8) is 0 Å². The van der Waals surface area contributed by atoms with Gasteiger partial charge >= 0.3 is 5.97 Å². The van der Waals surface area contributed by atoms with Gasteiger partial charge in [-0.1, -0.05) is 24.3 Å². The summed E-state index contributed by atoms with van der Waals surface area (Å²) in [6.07, 6.45) is 3.84. The number of carboxylic acid groups (broad SMARTS) is 1. The highest BCUT2D eigenvalue weighted by molar-refractivity contribution is 5.70. The molecule has 3 aromatic carbocycles. The molecule has 10 heteroatoms. The average Bonchev–Trinajstić information content (AvgIpc) is 3.43. The summed E-state index contributed by atoms with van der Waals surface area (Å²) in [7, 11) is 1.83. The maximum Gasteiger partial charge on any atom is 0.307 e. The Morgan fingerprint density at radius 3 is 2.42 bits per heavy atom. The Balaban J connectivity index is 1.39. The summed E-state index contributed by atoms with van der Waals surface area (Å²) in [5.41, 5.74) is 3.58. The SMILES string of the molecule is CNc1ccccc1N=Nc1cc(-n2nccn2)ccc1OCCCOc1ccc(CC(=O)O)cc1. The molecule has 0 bridgehead atoms. The van der Waals surface area contributed by atoms with Crippen LogP contribution in [0, 0.1) is 0 Å². The Hall–Kier alpha value is -4.73. The average molecular weight is 487 g/mol. The highest BCUT2D eigenvalue weighted by atomic mass is 16.5. The zero-order valence-electron chi connectivity index (χ0n) is 19.7. The van der Waals surface area contributed by atoms with Crippen LogP contribution < -0.4 is 14.8 Å².